The highest BCUT2D eigenvalue weighted by Gasteiger charge is 2.31. The summed E-state index contributed by atoms with van der Waals surface area (Å²) in [4.78, 5) is 12.4. The molecule has 0 radical (unpaired) electrons. The van der Waals surface area contributed by atoms with Crippen molar-refractivity contribution < 1.29 is 23.7 Å². The van der Waals surface area contributed by atoms with Crippen molar-refractivity contribution in [3.8, 4) is 0 Å². The van der Waals surface area contributed by atoms with Crippen LogP contribution < -0.4 is 0 Å². The zero-order chi connectivity index (χ0) is 26.9. The quantitative estimate of drug-likeness (QED) is 0.284. The summed E-state index contributed by atoms with van der Waals surface area (Å²) >= 11 is 0. The van der Waals surface area contributed by atoms with Crippen LogP contribution in [0.2, 0.25) is 0 Å². The highest BCUT2D eigenvalue weighted by atomic mass is 16.7. The molecule has 0 N–H and O–H groups in total. The molecule has 0 spiro atoms. The molecule has 36 heavy (non-hydrogen) atoms. The van der Waals surface area contributed by atoms with E-state index < -0.39 is 6.16 Å². The fourth-order valence-electron chi connectivity index (χ4n) is 3.79. The summed E-state index contributed by atoms with van der Waals surface area (Å²) in [6.07, 6.45) is 0.612. The Bertz CT molecular complexity index is 838. The molecule has 2 rings (SSSR count). The van der Waals surface area contributed by atoms with Gasteiger partial charge in [0.1, 0.15) is 0 Å². The van der Waals surface area contributed by atoms with Gasteiger partial charge in [0, 0.05) is 10.8 Å². The Labute approximate surface area is 218 Å². The molecule has 0 saturated heterocycles. The first-order valence-corrected chi connectivity index (χ1v) is 12.9. The maximum Gasteiger partial charge on any atom is 0.508 e. The van der Waals surface area contributed by atoms with Crippen LogP contribution >= 0.6 is 0 Å². The minimum absolute atomic E-state index is 0.251. The van der Waals surface area contributed by atoms with E-state index in [1.54, 1.807) is 0 Å². The SMILES string of the molecule is CC(C)(C)OCC(C)(CCOC(=O)OCCC(C)(COC(C)(C)C)c1ccccc1)c1ccccc1. The molecular formula is C31H46O5. The highest BCUT2D eigenvalue weighted by Crippen LogP contribution is 2.31. The average Bonchev–Trinajstić information content (AvgIpc) is 2.82. The zero-order valence-corrected chi connectivity index (χ0v) is 23.6. The second kappa shape index (κ2) is 12.7. The minimum Gasteiger partial charge on any atom is -0.434 e. The van der Waals surface area contributed by atoms with Crippen LogP contribution in [0.1, 0.15) is 79.4 Å². The Kier molecular flexibility index (Phi) is 10.6. The van der Waals surface area contributed by atoms with Gasteiger partial charge in [-0.3, -0.25) is 0 Å². The van der Waals surface area contributed by atoms with Gasteiger partial charge >= 0.3 is 6.16 Å². The van der Waals surface area contributed by atoms with Gasteiger partial charge in [0.25, 0.3) is 0 Å². The third-order valence-corrected chi connectivity index (χ3v) is 6.34. The lowest BCUT2D eigenvalue weighted by molar-refractivity contribution is -0.0375. The molecule has 2 aromatic carbocycles. The molecule has 0 bridgehead atoms. The molecule has 0 aliphatic carbocycles. The molecular weight excluding hydrogens is 452 g/mol. The third-order valence-electron chi connectivity index (χ3n) is 6.34. The van der Waals surface area contributed by atoms with E-state index in [9.17, 15) is 4.79 Å². The van der Waals surface area contributed by atoms with Crippen LogP contribution in [0.3, 0.4) is 0 Å². The topological polar surface area (TPSA) is 54.0 Å². The molecule has 0 saturated carbocycles. The number of carbonyl (C=O) groups excluding carboxylic acids is 1. The van der Waals surface area contributed by atoms with Crippen LogP contribution in [0.5, 0.6) is 0 Å². The number of carbonyl (C=O) groups is 1. The minimum atomic E-state index is -0.644. The molecule has 2 aromatic rings. The Balaban J connectivity index is 1.92. The molecule has 0 fully saturated rings. The largest absolute Gasteiger partial charge is 0.508 e. The van der Waals surface area contributed by atoms with Gasteiger partial charge in [-0.1, -0.05) is 74.5 Å². The number of hydrogen-bond acceptors (Lipinski definition) is 5. The normalized spacial score (nSPS) is 15.6. The Morgan fingerprint density at radius 3 is 1.22 bits per heavy atom. The van der Waals surface area contributed by atoms with Crippen LogP contribution in [0, 0.1) is 0 Å². The molecule has 0 amide bonds. The van der Waals surface area contributed by atoms with Crippen molar-refractivity contribution >= 4 is 6.16 Å². The summed E-state index contributed by atoms with van der Waals surface area (Å²) in [5, 5.41) is 0. The van der Waals surface area contributed by atoms with E-state index in [1.807, 2.05) is 77.9 Å². The van der Waals surface area contributed by atoms with Crippen molar-refractivity contribution in [3.63, 3.8) is 0 Å². The third kappa shape index (κ3) is 10.3. The maximum absolute atomic E-state index is 12.4. The van der Waals surface area contributed by atoms with Gasteiger partial charge in [0.05, 0.1) is 37.6 Å². The molecule has 2 unspecified atom stereocenters. The fourth-order valence-corrected chi connectivity index (χ4v) is 3.79. The van der Waals surface area contributed by atoms with E-state index in [1.165, 1.54) is 0 Å². The van der Waals surface area contributed by atoms with E-state index >= 15 is 0 Å². The van der Waals surface area contributed by atoms with Gasteiger partial charge in [-0.25, -0.2) is 4.79 Å². The molecule has 5 heteroatoms. The average molecular weight is 499 g/mol. The molecule has 200 valence electrons. The summed E-state index contributed by atoms with van der Waals surface area (Å²) in [6.45, 7) is 18.1. The summed E-state index contributed by atoms with van der Waals surface area (Å²) in [5.41, 5.74) is 1.23. The number of rotatable bonds is 12. The van der Waals surface area contributed by atoms with Gasteiger partial charge in [-0.15, -0.1) is 0 Å². The lowest BCUT2D eigenvalue weighted by atomic mass is 9.80. The van der Waals surface area contributed by atoms with E-state index in [0.717, 1.165) is 11.1 Å². The van der Waals surface area contributed by atoms with Crippen molar-refractivity contribution in [2.75, 3.05) is 26.4 Å². The van der Waals surface area contributed by atoms with E-state index in [-0.39, 0.29) is 35.2 Å². The van der Waals surface area contributed by atoms with Gasteiger partial charge < -0.3 is 18.9 Å². The van der Waals surface area contributed by atoms with Crippen LogP contribution in [0.4, 0.5) is 4.79 Å². The molecule has 0 aromatic heterocycles. The number of benzene rings is 2. The molecule has 5 nitrogen and oxygen atoms in total. The summed E-state index contributed by atoms with van der Waals surface area (Å²) < 4.78 is 23.2. The first-order valence-electron chi connectivity index (χ1n) is 12.9. The number of hydrogen-bond donors (Lipinski definition) is 0. The molecule has 0 aliphatic heterocycles. The number of ether oxygens (including phenoxy) is 4. The predicted octanol–water partition coefficient (Wildman–Crippen LogP) is 7.47. The smallest absolute Gasteiger partial charge is 0.434 e. The Morgan fingerprint density at radius 1 is 0.583 bits per heavy atom. The summed E-state index contributed by atoms with van der Waals surface area (Å²) in [7, 11) is 0. The van der Waals surface area contributed by atoms with Gasteiger partial charge in [-0.2, -0.15) is 0 Å². The summed E-state index contributed by atoms with van der Waals surface area (Å²) in [5.74, 6) is 0. The van der Waals surface area contributed by atoms with Crippen molar-refractivity contribution in [3.05, 3.63) is 71.8 Å². The predicted molar refractivity (Wildman–Crippen MR) is 146 cm³/mol. The maximum atomic E-state index is 12.4. The second-order valence-electron chi connectivity index (χ2n) is 12.1. The van der Waals surface area contributed by atoms with Crippen LogP contribution in [0.15, 0.2) is 60.7 Å². The van der Waals surface area contributed by atoms with E-state index in [0.29, 0.717) is 26.1 Å². The van der Waals surface area contributed by atoms with E-state index in [4.69, 9.17) is 18.9 Å². The van der Waals surface area contributed by atoms with Crippen LogP contribution in [-0.2, 0) is 29.8 Å². The first kappa shape index (κ1) is 29.9. The second-order valence-corrected chi connectivity index (χ2v) is 12.1. The zero-order valence-electron chi connectivity index (χ0n) is 23.6. The summed E-state index contributed by atoms with van der Waals surface area (Å²) in [6, 6.07) is 20.4. The Hall–Kier alpha value is -2.37. The Morgan fingerprint density at radius 2 is 0.917 bits per heavy atom. The van der Waals surface area contributed by atoms with Crippen LogP contribution in [0.25, 0.3) is 0 Å². The van der Waals surface area contributed by atoms with Crippen molar-refractivity contribution in [2.24, 2.45) is 0 Å². The lowest BCUT2D eigenvalue weighted by Crippen LogP contribution is -2.35. The van der Waals surface area contributed by atoms with Crippen molar-refractivity contribution in [1.82, 2.24) is 0 Å². The van der Waals surface area contributed by atoms with Gasteiger partial charge in [0.2, 0.25) is 0 Å². The molecule has 0 aliphatic rings. The van der Waals surface area contributed by atoms with Crippen molar-refractivity contribution in [2.45, 2.75) is 90.3 Å². The monoisotopic (exact) mass is 498 g/mol. The van der Waals surface area contributed by atoms with Gasteiger partial charge in [0.15, 0.2) is 0 Å². The lowest BCUT2D eigenvalue weighted by Gasteiger charge is -2.34. The molecule has 0 heterocycles. The highest BCUT2D eigenvalue weighted by molar-refractivity contribution is 5.59. The fraction of sp³-hybridized carbons (Fsp3) is 0.581. The standard InChI is InChI=1S/C31H46O5/c1-28(2,3)35-23-30(7,25-15-11-9-12-16-25)19-21-33-27(32)34-22-20-31(8,24-36-29(4,5)6)26-17-13-10-14-18-26/h9-18H,19-24H2,1-8H3. The van der Waals surface area contributed by atoms with E-state index in [2.05, 4.69) is 38.1 Å². The first-order chi connectivity index (χ1) is 16.7. The van der Waals surface area contributed by atoms with Crippen molar-refractivity contribution in [1.29, 1.82) is 0 Å². The van der Waals surface area contributed by atoms with Gasteiger partial charge in [-0.05, 0) is 65.5 Å². The van der Waals surface area contributed by atoms with Crippen LogP contribution in [-0.4, -0.2) is 43.8 Å². The molecule has 2 atom stereocenters.